The Morgan fingerprint density at radius 2 is 0.587 bits per heavy atom. The fraction of sp³-hybridized carbons (Fsp3) is 0.218. The second-order valence-corrected chi connectivity index (χ2v) is 42.3. The molecule has 9 nitrogen and oxygen atoms in total. The van der Waals surface area contributed by atoms with Gasteiger partial charge in [-0.25, -0.2) is 8.78 Å². The summed E-state index contributed by atoms with van der Waals surface area (Å²) in [6.45, 7) is 42.5. The highest BCUT2D eigenvalue weighted by molar-refractivity contribution is 7.80. The van der Waals surface area contributed by atoms with Gasteiger partial charge >= 0.3 is 7.25 Å². The molecule has 1 heterocycles. The number of thiol groups is 2. The van der Waals surface area contributed by atoms with Gasteiger partial charge in [0.2, 0.25) is 25.0 Å². The van der Waals surface area contributed by atoms with Crippen LogP contribution in [0.15, 0.2) is 419 Å². The molecular weight excluding hydrogens is 1850 g/mol. The second kappa shape index (κ2) is 61.9. The summed E-state index contributed by atoms with van der Waals surface area (Å²) in [5.74, 6) is 9.77. The minimum atomic E-state index is -6.00. The molecule has 0 unspecified atom stereocenters. The van der Waals surface area contributed by atoms with Gasteiger partial charge in [-0.1, -0.05) is 335 Å². The quantitative estimate of drug-likeness (QED) is 0.0247. The largest absolute Gasteiger partial charge is 0.673 e. The van der Waals surface area contributed by atoms with E-state index in [4.69, 9.17) is 37.6 Å². The number of ether oxygens (including phenoxy) is 7. The van der Waals surface area contributed by atoms with Gasteiger partial charge in [0.05, 0.1) is 17.9 Å². The first-order valence-electron chi connectivity index (χ1n) is 47.4. The van der Waals surface area contributed by atoms with E-state index in [1.54, 1.807) is 56.7 Å². The van der Waals surface area contributed by atoms with Gasteiger partial charge in [0, 0.05) is 36.9 Å². The Labute approximate surface area is 859 Å². The molecule has 0 radical (unpaired) electrons. The molecule has 1 aromatic heterocycles. The van der Waals surface area contributed by atoms with Crippen LogP contribution in [0.25, 0.3) is 38.6 Å². The van der Waals surface area contributed by atoms with Crippen molar-refractivity contribution in [3.8, 4) is 80.1 Å². The second-order valence-electron chi connectivity index (χ2n) is 36.3. The first kappa shape index (κ1) is 118. The zero-order chi connectivity index (χ0) is 105. The van der Waals surface area contributed by atoms with E-state index in [0.29, 0.717) is 18.3 Å². The maximum Gasteiger partial charge on any atom is 0.673 e. The smallest absolute Gasteiger partial charge is 0.544 e. The van der Waals surface area contributed by atoms with Crippen LogP contribution in [0, 0.1) is 53.2 Å². The highest BCUT2D eigenvalue weighted by Crippen LogP contribution is 2.43. The zero-order valence-corrected chi connectivity index (χ0v) is 89.2. The van der Waals surface area contributed by atoms with E-state index in [-0.39, 0.29) is 33.3 Å². The van der Waals surface area contributed by atoms with Gasteiger partial charge in [0.25, 0.3) is 0 Å². The molecule has 16 aromatic carbocycles. The zero-order valence-electron chi connectivity index (χ0n) is 86.4. The van der Waals surface area contributed by atoms with Gasteiger partial charge in [-0.05, 0) is 268 Å². The Morgan fingerprint density at radius 1 is 0.315 bits per heavy atom. The molecule has 0 spiro atoms. The van der Waals surface area contributed by atoms with Crippen LogP contribution in [0.2, 0.25) is 18.1 Å². The third kappa shape index (κ3) is 45.0. The van der Waals surface area contributed by atoms with E-state index in [1.807, 2.05) is 275 Å². The Hall–Kier alpha value is -13.7. The van der Waals surface area contributed by atoms with E-state index in [9.17, 15) is 26.0 Å². The summed E-state index contributed by atoms with van der Waals surface area (Å²) < 4.78 is 110. The number of methoxy groups -OCH3 is 2. The standard InChI is InChI=1S/C36H40N.2C12H9FO.C12H20OSi.2C12H10O.C9H12.C8H10O2.C7H8O.2C2H6S.BF4/c1-23-19-24(2)33(25(3)20-23)34-29-17-15-26(35(4,5)6)21-31(29)37(28-13-11-10-12-14-28)32-22-27(36(7,8)9)16-18-30(32)34;13-11-8-4-5-9-12(11)14-10-6-2-1-3-7-10;13-10-6-8-12(9-7-10)14-11-4-2-1-3-5-11;1-12(2,3)14(4,5)13-11-9-7-6-8-10-11;2*1-3-7-11(8-4-1)13-12-9-5-2-6-10-12;1-7-4-8(2)6-9(3)5-7;1-9-7-10-8-5-3-2-4-6-8;1-8-7-5-3-2-4-6-7;2*1-2-3;2-1(3,4)5/h10-22H,1-9H3;2*1-9H;6-10H,1-5H3;2*1-10H;4-6H,1-3H3;2-6H,7H2,1H3;2-6H,1H3;2*3H,2H2,1H3;/q+1;;;;;;;;;;;-1. The van der Waals surface area contributed by atoms with Crippen molar-refractivity contribution in [3.63, 3.8) is 0 Å². The number of pyridine rings is 1. The Balaban J connectivity index is 0.000000254. The maximum atomic E-state index is 13.2. The number of nitrogens with zero attached hydrogens (tertiary/aromatic N) is 1. The predicted molar refractivity (Wildman–Crippen MR) is 598 cm³/mol. The van der Waals surface area contributed by atoms with Crippen LogP contribution in [0.5, 0.6) is 63.2 Å². The number of hydrogen-bond donors (Lipinski definition) is 2. The molecule has 19 heteroatoms. The van der Waals surface area contributed by atoms with Crippen molar-refractivity contribution in [2.45, 2.75) is 147 Å². The Morgan fingerprint density at radius 3 is 0.881 bits per heavy atom. The molecule has 17 aromatic rings. The summed E-state index contributed by atoms with van der Waals surface area (Å²) >= 11 is 7.58. The van der Waals surface area contributed by atoms with Crippen molar-refractivity contribution in [2.24, 2.45) is 0 Å². The summed E-state index contributed by atoms with van der Waals surface area (Å²) in [6, 6.07) is 135. The molecule has 0 saturated heterocycles. The molecule has 0 aliphatic heterocycles. The third-order valence-electron chi connectivity index (χ3n) is 21.1. The van der Waals surface area contributed by atoms with Crippen molar-refractivity contribution in [2.75, 3.05) is 32.5 Å². The SMILES string of the molecule is CC(C)(C)[Si](C)(C)Oc1ccccc1.CCS.CCS.COCOc1ccccc1.COc1ccccc1.Cc1cc(C)c(-c2c3ccc(C(C)(C)C)cc3[n+](-c3ccccc3)c3cc(C(C)(C)C)ccc23)c(C)c1.Cc1cc(C)cc(C)c1.F[B-](F)(F)F.Fc1ccc(Oc2ccccc2)cc1.Fc1ccccc1Oc1ccccc1.c1ccc(Oc2ccccc2)cc1.c1ccc(Oc2ccccc2)cc1. The number of para-hydroxylation sites is 11. The number of hydrogen-bond acceptors (Lipinski definition) is 10. The molecule has 0 N–H and O–H groups in total. The summed E-state index contributed by atoms with van der Waals surface area (Å²) in [7, 11) is -4.38. The van der Waals surface area contributed by atoms with Crippen LogP contribution in [-0.4, -0.2) is 48.1 Å². The van der Waals surface area contributed by atoms with Crippen molar-refractivity contribution >= 4 is 62.6 Å². The molecule has 0 aliphatic rings. The van der Waals surface area contributed by atoms with Gasteiger partial charge in [0.1, 0.15) is 63.3 Å². The molecule has 0 amide bonds. The van der Waals surface area contributed by atoms with Crippen LogP contribution >= 0.6 is 25.3 Å². The topological polar surface area (TPSA) is 77.7 Å². The lowest BCUT2D eigenvalue weighted by atomic mass is 9.82. The van der Waals surface area contributed by atoms with Crippen LogP contribution in [0.4, 0.5) is 26.0 Å². The summed E-state index contributed by atoms with van der Waals surface area (Å²) in [4.78, 5) is 0. The van der Waals surface area contributed by atoms with Gasteiger partial charge in [-0.15, -0.1) is 0 Å². The average molecular weight is 1990 g/mol. The fourth-order valence-corrected chi connectivity index (χ4v) is 14.6. The number of aryl methyl sites for hydroxylation is 6. The van der Waals surface area contributed by atoms with Crippen molar-refractivity contribution in [3.05, 3.63) is 475 Å². The van der Waals surface area contributed by atoms with Crippen LogP contribution in [0.3, 0.4) is 0 Å². The van der Waals surface area contributed by atoms with Crippen molar-refractivity contribution in [1.82, 2.24) is 0 Å². The minimum absolute atomic E-state index is 0.0563. The number of halogens is 6. The van der Waals surface area contributed by atoms with Gasteiger partial charge < -0.3 is 54.8 Å². The lowest BCUT2D eigenvalue weighted by molar-refractivity contribution is -0.538. The number of rotatable bonds is 16. The monoisotopic (exact) mass is 1990 g/mol. The summed E-state index contributed by atoms with van der Waals surface area (Å²) in [6.07, 6.45) is 0. The predicted octanol–water partition coefficient (Wildman–Crippen LogP) is 36.9. The van der Waals surface area contributed by atoms with Gasteiger partial charge in [0.15, 0.2) is 18.4 Å². The van der Waals surface area contributed by atoms with Crippen molar-refractivity contribution < 1.29 is 68.2 Å². The lowest BCUT2D eigenvalue weighted by Gasteiger charge is -2.36. The van der Waals surface area contributed by atoms with E-state index < -0.39 is 15.6 Å². The molecule has 0 fully saturated rings. The molecule has 750 valence electrons. The Bertz CT molecular complexity index is 6090. The minimum Gasteiger partial charge on any atom is -0.544 e. The van der Waals surface area contributed by atoms with E-state index in [0.717, 1.165) is 57.5 Å². The normalized spacial score (nSPS) is 10.5. The average Bonchev–Trinajstić information content (AvgIpc) is 0.718. The number of fused-ring (bicyclic) bond motifs is 2. The summed E-state index contributed by atoms with van der Waals surface area (Å²) in [5, 5.41) is 2.86. The molecule has 0 saturated carbocycles. The van der Waals surface area contributed by atoms with E-state index in [2.05, 4.69) is 244 Å². The first-order valence-corrected chi connectivity index (χ1v) is 51.6. The highest BCUT2D eigenvalue weighted by atomic mass is 32.1. The van der Waals surface area contributed by atoms with Crippen molar-refractivity contribution in [1.29, 1.82) is 0 Å². The van der Waals surface area contributed by atoms with Gasteiger partial charge in [-0.2, -0.15) is 29.8 Å². The number of aromatic nitrogens is 1. The third-order valence-corrected chi connectivity index (χ3v) is 25.4. The van der Waals surface area contributed by atoms with Crippen LogP contribution in [0.1, 0.15) is 121 Å². The molecule has 0 aliphatic carbocycles. The molecular formula is C124H140BF6NO8S2Si. The highest BCUT2D eigenvalue weighted by Gasteiger charge is 2.39. The molecule has 0 bridgehead atoms. The molecule has 17 rings (SSSR count). The molecule has 0 atom stereocenters. The fourth-order valence-electron chi connectivity index (χ4n) is 13.6. The maximum absolute atomic E-state index is 13.2. The first-order chi connectivity index (χ1) is 68.2. The van der Waals surface area contributed by atoms with E-state index in [1.165, 1.54) is 101 Å². The lowest BCUT2D eigenvalue weighted by Crippen LogP contribution is -2.43. The Kier molecular flexibility index (Phi) is 51.1. The molecule has 143 heavy (non-hydrogen) atoms. The van der Waals surface area contributed by atoms with Gasteiger partial charge in [-0.3, -0.25) is 0 Å². The summed E-state index contributed by atoms with van der Waals surface area (Å²) in [5.41, 5.74) is 17.2. The van der Waals surface area contributed by atoms with E-state index >= 15 is 0 Å². The van der Waals surface area contributed by atoms with Crippen LogP contribution < -0.4 is 37.4 Å². The number of benzene rings is 16. The van der Waals surface area contributed by atoms with Crippen LogP contribution in [-0.2, 0) is 15.6 Å².